The molecular weight excluding hydrogens is 1120 g/mol. The predicted molar refractivity (Wildman–Crippen MR) is 315 cm³/mol. The van der Waals surface area contributed by atoms with Crippen molar-refractivity contribution in [2.45, 2.75) is 180 Å². The molecule has 0 aliphatic carbocycles. The van der Waals surface area contributed by atoms with Crippen LogP contribution in [0.1, 0.15) is 117 Å². The summed E-state index contributed by atoms with van der Waals surface area (Å²) in [6, 6.07) is 0.242. The number of nitrogens with zero attached hydrogens (tertiary/aromatic N) is 2. The molecule has 27 nitrogen and oxygen atoms in total. The van der Waals surface area contributed by atoms with Crippen LogP contribution in [0.15, 0.2) is 48.5 Å². The van der Waals surface area contributed by atoms with Gasteiger partial charge in [-0.3, -0.25) is 47.9 Å². The van der Waals surface area contributed by atoms with E-state index >= 15 is 0 Å². The number of unbranched alkanes of at least 4 members (excludes halogenated alkanes) is 1. The maximum atomic E-state index is 14.7. The third-order valence-electron chi connectivity index (χ3n) is 15.8. The van der Waals surface area contributed by atoms with Gasteiger partial charge in [0.05, 0.1) is 19.2 Å². The standard InChI is InChI=1S/C59H90N12O15/c1-8-33(5)48(66-45(75)30-61)55(81)67-47(32(3)4)54(80)69-50(35(7)72)56(82)64-41(28-36-17-21-38(73)22-18-36)51(77)62-31-46(76)63-40(14-10-11-25-60)52(78)68-49(34(6)9-2)58(84)70-26-12-15-43(70)53(79)65-42(29-37-19-23-39(74)24-20-37)57(83)71-27-13-16-44(71)59(85)86/h17-24,32-35,40-44,47-50,72-74H,8-16,25-31,60-61H2,1-7H3,(H,62,77)(H,63,76)(H,64,82)(H,65,79)(H,66,75)(H,67,81)(H,68,78)(H,69,80)(H,85,86)/t33-,34-,35+,40-,41-,42-,43-,44-,47-,48-,49-,50-/m0/s1. The van der Waals surface area contributed by atoms with Gasteiger partial charge in [-0.05, 0) is 112 Å². The Bertz CT molecular complexity index is 2660. The van der Waals surface area contributed by atoms with E-state index in [9.17, 15) is 73.2 Å². The third-order valence-corrected chi connectivity index (χ3v) is 15.8. The molecule has 86 heavy (non-hydrogen) atoms. The molecule has 4 rings (SSSR count). The molecular formula is C59H90N12O15. The molecule has 2 aliphatic heterocycles. The van der Waals surface area contributed by atoms with Gasteiger partial charge in [0, 0.05) is 25.9 Å². The summed E-state index contributed by atoms with van der Waals surface area (Å²) < 4.78 is 0. The van der Waals surface area contributed by atoms with E-state index < -0.39 is 144 Å². The number of carboxylic acids is 1. The van der Waals surface area contributed by atoms with Crippen molar-refractivity contribution in [2.24, 2.45) is 29.2 Å². The molecule has 27 heteroatoms. The number of carboxylic acid groups (broad SMARTS) is 1. The van der Waals surface area contributed by atoms with Gasteiger partial charge in [-0.2, -0.15) is 0 Å². The number of aliphatic hydroxyl groups excluding tert-OH is 1. The smallest absolute Gasteiger partial charge is 0.326 e. The fourth-order valence-electron chi connectivity index (χ4n) is 10.2. The first-order valence-corrected chi connectivity index (χ1v) is 29.6. The molecule has 2 aromatic rings. The molecule has 0 bridgehead atoms. The molecule has 0 aromatic heterocycles. The average molecular weight is 1210 g/mol. The van der Waals surface area contributed by atoms with Crippen molar-refractivity contribution in [3.8, 4) is 11.5 Å². The Morgan fingerprint density at radius 2 is 1.05 bits per heavy atom. The molecule has 10 amide bonds. The highest BCUT2D eigenvalue weighted by molar-refractivity contribution is 5.99. The van der Waals surface area contributed by atoms with Crippen LogP contribution in [0.4, 0.5) is 0 Å². The van der Waals surface area contributed by atoms with Crippen molar-refractivity contribution in [3.63, 3.8) is 0 Å². The van der Waals surface area contributed by atoms with E-state index in [1.165, 1.54) is 53.1 Å². The highest BCUT2D eigenvalue weighted by atomic mass is 16.4. The van der Waals surface area contributed by atoms with Crippen LogP contribution in [0.3, 0.4) is 0 Å². The van der Waals surface area contributed by atoms with Crippen molar-refractivity contribution in [2.75, 3.05) is 32.7 Å². The van der Waals surface area contributed by atoms with E-state index in [2.05, 4.69) is 42.5 Å². The number of aromatic hydroxyl groups is 2. The summed E-state index contributed by atoms with van der Waals surface area (Å²) in [6.45, 7) is 11.0. The number of amides is 10. The third kappa shape index (κ3) is 20.7. The lowest BCUT2D eigenvalue weighted by atomic mass is 9.96. The Morgan fingerprint density at radius 1 is 0.547 bits per heavy atom. The van der Waals surface area contributed by atoms with Gasteiger partial charge in [-0.15, -0.1) is 0 Å². The van der Waals surface area contributed by atoms with Gasteiger partial charge >= 0.3 is 5.97 Å². The molecule has 16 N–H and O–H groups in total. The Morgan fingerprint density at radius 3 is 1.57 bits per heavy atom. The maximum Gasteiger partial charge on any atom is 0.326 e. The summed E-state index contributed by atoms with van der Waals surface area (Å²) in [5, 5.41) is 61.5. The number of carbonyl (C=O) groups excluding carboxylic acids is 10. The average Bonchev–Trinajstić information content (AvgIpc) is 2.65. The number of nitrogens with two attached hydrogens (primary N) is 2. The fourth-order valence-corrected chi connectivity index (χ4v) is 10.2. The molecule has 0 spiro atoms. The number of hydrogen-bond acceptors (Lipinski definition) is 16. The molecule has 2 aliphatic rings. The number of phenolic OH excluding ortho intramolecular Hbond substituents is 2. The molecule has 12 atom stereocenters. The Balaban J connectivity index is 1.51. The van der Waals surface area contributed by atoms with Crippen molar-refractivity contribution < 1.29 is 73.2 Å². The number of rotatable bonds is 33. The van der Waals surface area contributed by atoms with Crippen molar-refractivity contribution >= 4 is 65.0 Å². The molecule has 2 saturated heterocycles. The second-order valence-electron chi connectivity index (χ2n) is 22.7. The van der Waals surface area contributed by atoms with Gasteiger partial charge in [0.15, 0.2) is 0 Å². The molecule has 2 heterocycles. The van der Waals surface area contributed by atoms with Crippen molar-refractivity contribution in [1.82, 2.24) is 52.3 Å². The van der Waals surface area contributed by atoms with Crippen molar-refractivity contribution in [1.29, 1.82) is 0 Å². The largest absolute Gasteiger partial charge is 0.508 e. The van der Waals surface area contributed by atoms with Crippen LogP contribution in [0, 0.1) is 17.8 Å². The first-order chi connectivity index (χ1) is 40.7. The first-order valence-electron chi connectivity index (χ1n) is 29.6. The second-order valence-corrected chi connectivity index (χ2v) is 22.7. The zero-order valence-electron chi connectivity index (χ0n) is 50.3. The maximum absolute atomic E-state index is 14.7. The van der Waals surface area contributed by atoms with Crippen LogP contribution in [0.25, 0.3) is 0 Å². The van der Waals surface area contributed by atoms with Gasteiger partial charge in [0.2, 0.25) is 59.1 Å². The van der Waals surface area contributed by atoms with Crippen molar-refractivity contribution in [3.05, 3.63) is 59.7 Å². The van der Waals surface area contributed by atoms with E-state index in [-0.39, 0.29) is 75.7 Å². The number of aliphatic carboxylic acids is 1. The molecule has 0 unspecified atom stereocenters. The Labute approximate surface area is 501 Å². The minimum atomic E-state index is -1.70. The summed E-state index contributed by atoms with van der Waals surface area (Å²) in [5.74, 6) is -10.3. The zero-order chi connectivity index (χ0) is 63.9. The van der Waals surface area contributed by atoms with Gasteiger partial charge in [0.1, 0.15) is 65.9 Å². The fraction of sp³-hybridized carbons (Fsp3) is 0.610. The summed E-state index contributed by atoms with van der Waals surface area (Å²) in [6.07, 6.45) is 1.17. The van der Waals surface area contributed by atoms with Gasteiger partial charge in [-0.25, -0.2) is 4.79 Å². The Kier molecular flexibility index (Phi) is 28.1. The van der Waals surface area contributed by atoms with E-state index in [1.54, 1.807) is 46.8 Å². The highest BCUT2D eigenvalue weighted by Crippen LogP contribution is 2.25. The molecule has 2 aromatic carbocycles. The summed E-state index contributed by atoms with van der Waals surface area (Å²) in [5.41, 5.74) is 12.3. The lowest BCUT2D eigenvalue weighted by molar-refractivity contribution is -0.150. The highest BCUT2D eigenvalue weighted by Gasteiger charge is 2.43. The second kappa shape index (κ2) is 34.3. The Hall–Kier alpha value is -7.91. The van der Waals surface area contributed by atoms with E-state index in [1.807, 2.05) is 6.92 Å². The summed E-state index contributed by atoms with van der Waals surface area (Å²) in [7, 11) is 0. The van der Waals surface area contributed by atoms with Crippen LogP contribution in [-0.2, 0) is 65.6 Å². The number of hydrogen-bond donors (Lipinski definition) is 14. The van der Waals surface area contributed by atoms with Crippen LogP contribution in [0.5, 0.6) is 11.5 Å². The van der Waals surface area contributed by atoms with Gasteiger partial charge in [0.25, 0.3) is 0 Å². The zero-order valence-corrected chi connectivity index (χ0v) is 50.3. The predicted octanol–water partition coefficient (Wildman–Crippen LogP) is -1.32. The van der Waals surface area contributed by atoms with Crippen LogP contribution in [0.2, 0.25) is 0 Å². The topological polar surface area (TPSA) is 423 Å². The number of aliphatic hydroxyl groups is 1. The number of phenols is 2. The summed E-state index contributed by atoms with van der Waals surface area (Å²) in [4.78, 5) is 153. The number of likely N-dealkylation sites (tertiary alicyclic amines) is 2. The minimum Gasteiger partial charge on any atom is -0.508 e. The number of nitrogens with one attached hydrogen (secondary N) is 8. The van der Waals surface area contributed by atoms with E-state index in [0.29, 0.717) is 49.7 Å². The monoisotopic (exact) mass is 1210 g/mol. The van der Waals surface area contributed by atoms with E-state index in [4.69, 9.17) is 11.5 Å². The quantitative estimate of drug-likeness (QED) is 0.0369. The lowest BCUT2D eigenvalue weighted by Crippen LogP contribution is -2.62. The van der Waals surface area contributed by atoms with Crippen LogP contribution in [-0.4, -0.2) is 188 Å². The van der Waals surface area contributed by atoms with E-state index in [0.717, 1.165) is 0 Å². The lowest BCUT2D eigenvalue weighted by Gasteiger charge is -2.33. The first kappa shape index (κ1) is 70.6. The molecule has 0 radical (unpaired) electrons. The summed E-state index contributed by atoms with van der Waals surface area (Å²) >= 11 is 0. The number of carbonyl (C=O) groups is 11. The molecule has 2 fully saturated rings. The van der Waals surface area contributed by atoms with Gasteiger partial charge in [-0.1, -0.05) is 78.6 Å². The molecule has 0 saturated carbocycles. The van der Waals surface area contributed by atoms with Gasteiger partial charge < -0.3 is 84.2 Å². The van der Waals surface area contributed by atoms with Crippen LogP contribution < -0.4 is 54.0 Å². The normalized spacial score (nSPS) is 18.3. The van der Waals surface area contributed by atoms with Crippen LogP contribution >= 0.6 is 0 Å². The minimum absolute atomic E-state index is 0.0243. The number of benzene rings is 2. The SMILES string of the molecule is CC[C@H](C)[C@H](NC(=O)CN)C(=O)N[C@H](C(=O)N[C@H](C(=O)N[C@@H](Cc1ccc(O)cc1)C(=O)NCC(=O)N[C@@H](CCCCN)C(=O)N[C@H](C(=O)N1CCC[C@H]1C(=O)N[C@@H](Cc1ccc(O)cc1)C(=O)N1CCC[C@H]1C(=O)O)[C@@H](C)CC)[C@@H](C)O)C(C)C. The molecule has 476 valence electrons.